The number of hydrogen-bond donors (Lipinski definition) is 2. The maximum absolute atomic E-state index is 12.0. The lowest BCUT2D eigenvalue weighted by atomic mass is 10.1. The highest BCUT2D eigenvalue weighted by Crippen LogP contribution is 2.21. The fraction of sp³-hybridized carbons (Fsp3) is 0.222. The van der Waals surface area contributed by atoms with Gasteiger partial charge < -0.3 is 15.4 Å². The first-order valence-corrected chi connectivity index (χ1v) is 8.38. The van der Waals surface area contributed by atoms with Crippen molar-refractivity contribution in [3.05, 3.63) is 63.6 Å². The van der Waals surface area contributed by atoms with Crippen molar-refractivity contribution in [1.82, 2.24) is 10.6 Å². The molecular formula is C18H18Cl2N2O3. The number of nitrogens with one attached hydrogen (secondary N) is 2. The average molecular weight is 381 g/mol. The Morgan fingerprint density at radius 3 is 2.60 bits per heavy atom. The maximum Gasteiger partial charge on any atom is 0.251 e. The molecule has 2 aromatic carbocycles. The van der Waals surface area contributed by atoms with E-state index in [0.717, 1.165) is 5.56 Å². The molecule has 2 rings (SSSR count). The van der Waals surface area contributed by atoms with E-state index >= 15 is 0 Å². The van der Waals surface area contributed by atoms with Gasteiger partial charge in [0.1, 0.15) is 5.75 Å². The van der Waals surface area contributed by atoms with Crippen molar-refractivity contribution in [2.24, 2.45) is 0 Å². The molecule has 0 aliphatic carbocycles. The van der Waals surface area contributed by atoms with Gasteiger partial charge in [-0.3, -0.25) is 9.59 Å². The standard InChI is InChI=1S/C18H18Cl2N2O3/c1-25-15-4-2-3-13(9-15)18(24)22-11-17(23)21-8-7-12-5-6-14(19)10-16(12)20/h2-6,9-10H,7-8,11H2,1H3,(H,21,23)(H,22,24). The van der Waals surface area contributed by atoms with E-state index in [0.29, 0.717) is 34.3 Å². The van der Waals surface area contributed by atoms with Crippen LogP contribution in [0.1, 0.15) is 15.9 Å². The third-order valence-electron chi connectivity index (χ3n) is 3.47. The second kappa shape index (κ2) is 9.30. The van der Waals surface area contributed by atoms with E-state index in [9.17, 15) is 9.59 Å². The van der Waals surface area contributed by atoms with E-state index in [2.05, 4.69) is 10.6 Å². The summed E-state index contributed by atoms with van der Waals surface area (Å²) in [6.07, 6.45) is 0.575. The zero-order chi connectivity index (χ0) is 18.2. The third-order valence-corrected chi connectivity index (χ3v) is 4.06. The normalized spacial score (nSPS) is 10.2. The van der Waals surface area contributed by atoms with Gasteiger partial charge in [0, 0.05) is 22.2 Å². The van der Waals surface area contributed by atoms with Gasteiger partial charge in [-0.05, 0) is 42.3 Å². The molecule has 132 valence electrons. The van der Waals surface area contributed by atoms with Crippen molar-refractivity contribution in [2.45, 2.75) is 6.42 Å². The smallest absolute Gasteiger partial charge is 0.251 e. The lowest BCUT2D eigenvalue weighted by Crippen LogP contribution is -2.37. The molecule has 0 spiro atoms. The van der Waals surface area contributed by atoms with E-state index in [4.69, 9.17) is 27.9 Å². The molecule has 0 fully saturated rings. The molecule has 0 aliphatic rings. The molecule has 7 heteroatoms. The zero-order valence-electron chi connectivity index (χ0n) is 13.6. The van der Waals surface area contributed by atoms with Crippen LogP contribution < -0.4 is 15.4 Å². The summed E-state index contributed by atoms with van der Waals surface area (Å²) in [4.78, 5) is 23.8. The van der Waals surface area contributed by atoms with Crippen molar-refractivity contribution >= 4 is 35.0 Å². The van der Waals surface area contributed by atoms with Gasteiger partial charge in [0.25, 0.3) is 5.91 Å². The first kappa shape index (κ1) is 19.1. The molecule has 25 heavy (non-hydrogen) atoms. The largest absolute Gasteiger partial charge is 0.497 e. The summed E-state index contributed by atoms with van der Waals surface area (Å²) in [7, 11) is 1.53. The maximum atomic E-state index is 12.0. The van der Waals surface area contributed by atoms with Crippen molar-refractivity contribution < 1.29 is 14.3 Å². The van der Waals surface area contributed by atoms with Crippen molar-refractivity contribution in [1.29, 1.82) is 0 Å². The molecule has 5 nitrogen and oxygen atoms in total. The molecule has 0 aliphatic heterocycles. The molecule has 2 aromatic rings. The molecule has 0 saturated carbocycles. The first-order chi connectivity index (χ1) is 12.0. The van der Waals surface area contributed by atoms with Crippen LogP contribution in [0.25, 0.3) is 0 Å². The molecular weight excluding hydrogens is 363 g/mol. The fourth-order valence-electron chi connectivity index (χ4n) is 2.15. The van der Waals surface area contributed by atoms with Gasteiger partial charge >= 0.3 is 0 Å². The zero-order valence-corrected chi connectivity index (χ0v) is 15.2. The van der Waals surface area contributed by atoms with Crippen molar-refractivity contribution in [2.75, 3.05) is 20.2 Å². The second-order valence-electron chi connectivity index (χ2n) is 5.25. The van der Waals surface area contributed by atoms with Gasteiger partial charge in [0.2, 0.25) is 5.91 Å². The number of benzene rings is 2. The number of hydrogen-bond acceptors (Lipinski definition) is 3. The number of halogens is 2. The Labute approximate surface area is 156 Å². The number of methoxy groups -OCH3 is 1. The molecule has 2 amide bonds. The Balaban J connectivity index is 1.75. The number of ether oxygens (including phenoxy) is 1. The Morgan fingerprint density at radius 1 is 1.08 bits per heavy atom. The van der Waals surface area contributed by atoms with E-state index in [-0.39, 0.29) is 18.4 Å². The van der Waals surface area contributed by atoms with Crippen LogP contribution in [0.4, 0.5) is 0 Å². The van der Waals surface area contributed by atoms with Crippen LogP contribution in [0.2, 0.25) is 10.0 Å². The molecule has 0 heterocycles. The van der Waals surface area contributed by atoms with Crippen LogP contribution in [0, 0.1) is 0 Å². The van der Waals surface area contributed by atoms with Crippen molar-refractivity contribution in [3.8, 4) is 5.75 Å². The molecule has 0 radical (unpaired) electrons. The second-order valence-corrected chi connectivity index (χ2v) is 6.09. The summed E-state index contributed by atoms with van der Waals surface area (Å²) in [5.74, 6) is -0.0342. The average Bonchev–Trinajstić information content (AvgIpc) is 2.61. The molecule has 0 saturated heterocycles. The topological polar surface area (TPSA) is 67.4 Å². The van der Waals surface area contributed by atoms with Crippen LogP contribution in [-0.4, -0.2) is 32.0 Å². The number of carbonyl (C=O) groups is 2. The highest BCUT2D eigenvalue weighted by atomic mass is 35.5. The van der Waals surface area contributed by atoms with Gasteiger partial charge in [0.15, 0.2) is 0 Å². The molecule has 2 N–H and O–H groups in total. The van der Waals surface area contributed by atoms with Crippen molar-refractivity contribution in [3.63, 3.8) is 0 Å². The van der Waals surface area contributed by atoms with Crippen LogP contribution in [0.5, 0.6) is 5.75 Å². The number of carbonyl (C=O) groups excluding carboxylic acids is 2. The lowest BCUT2D eigenvalue weighted by Gasteiger charge is -2.09. The highest BCUT2D eigenvalue weighted by molar-refractivity contribution is 6.35. The summed E-state index contributed by atoms with van der Waals surface area (Å²) in [6, 6.07) is 11.9. The third kappa shape index (κ3) is 5.96. The van der Waals surface area contributed by atoms with Crippen LogP contribution in [-0.2, 0) is 11.2 Å². The summed E-state index contributed by atoms with van der Waals surface area (Å²) >= 11 is 11.9. The summed E-state index contributed by atoms with van der Waals surface area (Å²) in [6.45, 7) is 0.305. The predicted molar refractivity (Wildman–Crippen MR) is 98.5 cm³/mol. The van der Waals surface area contributed by atoms with Crippen LogP contribution in [0.15, 0.2) is 42.5 Å². The first-order valence-electron chi connectivity index (χ1n) is 7.62. The van der Waals surface area contributed by atoms with E-state index in [1.807, 2.05) is 6.07 Å². The Bertz CT molecular complexity index is 766. The van der Waals surface area contributed by atoms with Gasteiger partial charge in [-0.1, -0.05) is 35.3 Å². The van der Waals surface area contributed by atoms with Gasteiger partial charge in [-0.2, -0.15) is 0 Å². The minimum Gasteiger partial charge on any atom is -0.497 e. The minimum atomic E-state index is -0.338. The minimum absolute atomic E-state index is 0.107. The number of rotatable bonds is 7. The Hall–Kier alpha value is -2.24. The van der Waals surface area contributed by atoms with Gasteiger partial charge in [-0.15, -0.1) is 0 Å². The molecule has 0 unspecified atom stereocenters. The summed E-state index contributed by atoms with van der Waals surface area (Å²) in [5.41, 5.74) is 1.33. The number of amides is 2. The van der Waals surface area contributed by atoms with E-state index in [1.165, 1.54) is 7.11 Å². The van der Waals surface area contributed by atoms with Gasteiger partial charge in [0.05, 0.1) is 13.7 Å². The molecule has 0 atom stereocenters. The van der Waals surface area contributed by atoms with Crippen LogP contribution in [0.3, 0.4) is 0 Å². The Kier molecular flexibility index (Phi) is 7.10. The molecule has 0 bridgehead atoms. The molecule has 0 aromatic heterocycles. The SMILES string of the molecule is COc1cccc(C(=O)NCC(=O)NCCc2ccc(Cl)cc2Cl)c1. The van der Waals surface area contributed by atoms with E-state index < -0.39 is 0 Å². The van der Waals surface area contributed by atoms with Gasteiger partial charge in [-0.25, -0.2) is 0 Å². The van der Waals surface area contributed by atoms with Crippen LogP contribution >= 0.6 is 23.2 Å². The highest BCUT2D eigenvalue weighted by Gasteiger charge is 2.09. The monoisotopic (exact) mass is 380 g/mol. The summed E-state index contributed by atoms with van der Waals surface area (Å²) in [5, 5.41) is 6.43. The summed E-state index contributed by atoms with van der Waals surface area (Å²) < 4.78 is 5.06. The lowest BCUT2D eigenvalue weighted by molar-refractivity contribution is -0.120. The predicted octanol–water partition coefficient (Wildman–Crippen LogP) is 3.09. The fourth-order valence-corrected chi connectivity index (χ4v) is 2.65. The quantitative estimate of drug-likeness (QED) is 0.775. The Morgan fingerprint density at radius 2 is 1.88 bits per heavy atom. The van der Waals surface area contributed by atoms with E-state index in [1.54, 1.807) is 36.4 Å².